The van der Waals surface area contributed by atoms with Crippen molar-refractivity contribution in [1.82, 2.24) is 10.6 Å². The van der Waals surface area contributed by atoms with Crippen LogP contribution < -0.4 is 15.4 Å². The first-order chi connectivity index (χ1) is 12.2. The molecule has 0 spiro atoms. The first-order valence-corrected chi connectivity index (χ1v) is 8.86. The zero-order valence-corrected chi connectivity index (χ0v) is 16.1. The lowest BCUT2D eigenvalue weighted by atomic mass is 10.1. The number of guanidine groups is 1. The van der Waals surface area contributed by atoms with Crippen LogP contribution in [0.1, 0.15) is 30.4 Å². The second kappa shape index (κ2) is 13.5. The van der Waals surface area contributed by atoms with E-state index in [4.69, 9.17) is 14.2 Å². The molecular weight excluding hydrogens is 318 g/mol. The molecule has 1 aromatic carbocycles. The fraction of sp³-hybridized carbons (Fsp3) is 0.632. The Kier molecular flexibility index (Phi) is 11.5. The van der Waals surface area contributed by atoms with E-state index < -0.39 is 0 Å². The molecule has 25 heavy (non-hydrogen) atoms. The fourth-order valence-corrected chi connectivity index (χ4v) is 2.33. The molecule has 0 aliphatic carbocycles. The van der Waals surface area contributed by atoms with E-state index >= 15 is 0 Å². The van der Waals surface area contributed by atoms with Crippen molar-refractivity contribution in [3.05, 3.63) is 29.3 Å². The topological polar surface area (TPSA) is 64.1 Å². The largest absolute Gasteiger partial charge is 0.491 e. The maximum Gasteiger partial charge on any atom is 0.191 e. The Morgan fingerprint density at radius 2 is 1.80 bits per heavy atom. The van der Waals surface area contributed by atoms with Gasteiger partial charge in [-0.25, -0.2) is 0 Å². The molecule has 0 heterocycles. The SMILES string of the molecule is CN=C(NCCCCCOC)NCc1ccc(C)cc1OCCOC. The Bertz CT molecular complexity index is 507. The van der Waals surface area contributed by atoms with Gasteiger partial charge in [0.25, 0.3) is 0 Å². The van der Waals surface area contributed by atoms with Crippen molar-refractivity contribution < 1.29 is 14.2 Å². The van der Waals surface area contributed by atoms with Crippen molar-refractivity contribution in [3.63, 3.8) is 0 Å². The molecule has 0 aromatic heterocycles. The van der Waals surface area contributed by atoms with Crippen molar-refractivity contribution in [2.75, 3.05) is 47.6 Å². The quantitative estimate of drug-likeness (QED) is 0.344. The number of aryl methyl sites for hydroxylation is 1. The van der Waals surface area contributed by atoms with E-state index in [2.05, 4.69) is 40.7 Å². The summed E-state index contributed by atoms with van der Waals surface area (Å²) in [6, 6.07) is 6.23. The number of benzene rings is 1. The number of rotatable bonds is 12. The van der Waals surface area contributed by atoms with E-state index in [-0.39, 0.29) is 0 Å². The number of nitrogens with one attached hydrogen (secondary N) is 2. The number of nitrogens with zero attached hydrogens (tertiary/aromatic N) is 1. The summed E-state index contributed by atoms with van der Waals surface area (Å²) in [6.45, 7) is 5.56. The Morgan fingerprint density at radius 1 is 1.00 bits per heavy atom. The van der Waals surface area contributed by atoms with Crippen LogP contribution in [0.4, 0.5) is 0 Å². The highest BCUT2D eigenvalue weighted by Crippen LogP contribution is 2.20. The Labute approximate surface area is 152 Å². The maximum absolute atomic E-state index is 5.82. The molecule has 0 saturated carbocycles. The normalized spacial score (nSPS) is 11.4. The molecule has 2 N–H and O–H groups in total. The van der Waals surface area contributed by atoms with E-state index in [1.807, 2.05) is 0 Å². The summed E-state index contributed by atoms with van der Waals surface area (Å²) in [4.78, 5) is 4.27. The number of hydrogen-bond acceptors (Lipinski definition) is 4. The number of unbranched alkanes of at least 4 members (excludes halogenated alkanes) is 2. The molecule has 0 bridgehead atoms. The molecule has 0 amide bonds. The molecule has 1 aromatic rings. The van der Waals surface area contributed by atoms with Crippen LogP contribution in [0.15, 0.2) is 23.2 Å². The van der Waals surface area contributed by atoms with Crippen molar-refractivity contribution in [1.29, 1.82) is 0 Å². The predicted octanol–water partition coefficient (Wildman–Crippen LogP) is 2.50. The van der Waals surface area contributed by atoms with Gasteiger partial charge in [-0.2, -0.15) is 0 Å². The van der Waals surface area contributed by atoms with E-state index in [1.165, 1.54) is 5.56 Å². The number of aliphatic imine (C=N–C) groups is 1. The van der Waals surface area contributed by atoms with Gasteiger partial charge in [0.2, 0.25) is 0 Å². The minimum atomic E-state index is 0.543. The smallest absolute Gasteiger partial charge is 0.191 e. The van der Waals surface area contributed by atoms with Crippen LogP contribution in [-0.2, 0) is 16.0 Å². The minimum absolute atomic E-state index is 0.543. The van der Waals surface area contributed by atoms with Crippen LogP contribution in [0, 0.1) is 6.92 Å². The Morgan fingerprint density at radius 3 is 2.52 bits per heavy atom. The third-order valence-corrected chi connectivity index (χ3v) is 3.76. The Balaban J connectivity index is 2.43. The van der Waals surface area contributed by atoms with Gasteiger partial charge in [-0.3, -0.25) is 4.99 Å². The van der Waals surface area contributed by atoms with Crippen molar-refractivity contribution >= 4 is 5.96 Å². The second-order valence-corrected chi connectivity index (χ2v) is 5.86. The third-order valence-electron chi connectivity index (χ3n) is 3.76. The first kappa shape index (κ1) is 21.3. The summed E-state index contributed by atoms with van der Waals surface area (Å²) in [7, 11) is 5.20. The monoisotopic (exact) mass is 351 g/mol. The Hall–Kier alpha value is -1.79. The van der Waals surface area contributed by atoms with Gasteiger partial charge in [-0.05, 0) is 37.8 Å². The fourth-order valence-electron chi connectivity index (χ4n) is 2.33. The average molecular weight is 351 g/mol. The molecular formula is C19H33N3O3. The highest BCUT2D eigenvalue weighted by atomic mass is 16.5. The zero-order chi connectivity index (χ0) is 18.3. The van der Waals surface area contributed by atoms with Gasteiger partial charge >= 0.3 is 0 Å². The van der Waals surface area contributed by atoms with Gasteiger partial charge in [0.05, 0.1) is 6.61 Å². The third kappa shape index (κ3) is 9.31. The van der Waals surface area contributed by atoms with Crippen LogP contribution in [0.5, 0.6) is 5.75 Å². The predicted molar refractivity (Wildman–Crippen MR) is 102 cm³/mol. The van der Waals surface area contributed by atoms with Gasteiger partial charge in [0, 0.05) is 46.5 Å². The molecule has 0 saturated heterocycles. The summed E-state index contributed by atoms with van der Waals surface area (Å²) in [5, 5.41) is 6.68. The standard InChI is InChI=1S/C19H33N3O3/c1-16-8-9-17(18(14-16)25-13-12-24-4)15-22-19(20-2)21-10-6-5-7-11-23-3/h8-9,14H,5-7,10-13,15H2,1-4H3,(H2,20,21,22). The van der Waals surface area contributed by atoms with E-state index in [1.54, 1.807) is 21.3 Å². The van der Waals surface area contributed by atoms with E-state index in [0.29, 0.717) is 19.8 Å². The van der Waals surface area contributed by atoms with Crippen molar-refractivity contribution in [2.45, 2.75) is 32.7 Å². The lowest BCUT2D eigenvalue weighted by Gasteiger charge is -2.15. The summed E-state index contributed by atoms with van der Waals surface area (Å²) in [5.41, 5.74) is 2.28. The van der Waals surface area contributed by atoms with Gasteiger partial charge < -0.3 is 24.8 Å². The minimum Gasteiger partial charge on any atom is -0.491 e. The highest BCUT2D eigenvalue weighted by molar-refractivity contribution is 5.79. The molecule has 0 aliphatic rings. The average Bonchev–Trinajstić information content (AvgIpc) is 2.62. The molecule has 0 fully saturated rings. The lowest BCUT2D eigenvalue weighted by Crippen LogP contribution is -2.37. The summed E-state index contributed by atoms with van der Waals surface area (Å²) in [6.07, 6.45) is 3.34. The van der Waals surface area contributed by atoms with E-state index in [0.717, 1.165) is 49.7 Å². The van der Waals surface area contributed by atoms with Gasteiger partial charge in [-0.15, -0.1) is 0 Å². The second-order valence-electron chi connectivity index (χ2n) is 5.86. The molecule has 1 rings (SSSR count). The molecule has 142 valence electrons. The van der Waals surface area contributed by atoms with Crippen LogP contribution in [0.3, 0.4) is 0 Å². The maximum atomic E-state index is 5.82. The zero-order valence-electron chi connectivity index (χ0n) is 16.1. The highest BCUT2D eigenvalue weighted by Gasteiger charge is 2.06. The molecule has 6 nitrogen and oxygen atoms in total. The van der Waals surface area contributed by atoms with Crippen molar-refractivity contribution in [2.24, 2.45) is 4.99 Å². The van der Waals surface area contributed by atoms with Crippen LogP contribution in [-0.4, -0.2) is 53.6 Å². The number of methoxy groups -OCH3 is 2. The molecule has 0 unspecified atom stereocenters. The molecule has 0 aliphatic heterocycles. The number of hydrogen-bond donors (Lipinski definition) is 2. The van der Waals surface area contributed by atoms with Gasteiger partial charge in [-0.1, -0.05) is 12.1 Å². The molecule has 6 heteroatoms. The summed E-state index contributed by atoms with van der Waals surface area (Å²) in [5.74, 6) is 1.69. The summed E-state index contributed by atoms with van der Waals surface area (Å²) >= 11 is 0. The van der Waals surface area contributed by atoms with Gasteiger partial charge in [0.1, 0.15) is 12.4 Å². The number of ether oxygens (including phenoxy) is 3. The van der Waals surface area contributed by atoms with Crippen molar-refractivity contribution in [3.8, 4) is 5.75 Å². The molecule has 0 radical (unpaired) electrons. The first-order valence-electron chi connectivity index (χ1n) is 8.86. The molecule has 0 atom stereocenters. The van der Waals surface area contributed by atoms with Crippen LogP contribution in [0.2, 0.25) is 0 Å². The van der Waals surface area contributed by atoms with E-state index in [9.17, 15) is 0 Å². The van der Waals surface area contributed by atoms with Crippen LogP contribution >= 0.6 is 0 Å². The van der Waals surface area contributed by atoms with Gasteiger partial charge in [0.15, 0.2) is 5.96 Å². The van der Waals surface area contributed by atoms with Crippen LogP contribution in [0.25, 0.3) is 0 Å². The lowest BCUT2D eigenvalue weighted by molar-refractivity contribution is 0.145. The summed E-state index contributed by atoms with van der Waals surface area (Å²) < 4.78 is 15.9.